The highest BCUT2D eigenvalue weighted by Gasteiger charge is 2.37. The summed E-state index contributed by atoms with van der Waals surface area (Å²) < 4.78 is 2.06. The zero-order valence-corrected chi connectivity index (χ0v) is 17.2. The minimum atomic E-state index is 0.496. The molecule has 1 aromatic carbocycles. The second-order valence-electron chi connectivity index (χ2n) is 8.01. The lowest BCUT2D eigenvalue weighted by Crippen LogP contribution is -2.40. The van der Waals surface area contributed by atoms with Crippen molar-refractivity contribution in [3.8, 4) is 0 Å². The Hall–Kier alpha value is -1.98. The summed E-state index contributed by atoms with van der Waals surface area (Å²) in [6, 6.07) is 5.54. The summed E-state index contributed by atoms with van der Waals surface area (Å²) in [6.45, 7) is 2.13. The lowest BCUT2D eigenvalue weighted by molar-refractivity contribution is 0.225. The largest absolute Gasteiger partial charge is 0.350 e. The van der Waals surface area contributed by atoms with Gasteiger partial charge in [0.25, 0.3) is 0 Å². The number of hydrogen-bond donors (Lipinski definition) is 1. The number of halogens is 2. The Balaban J connectivity index is 1.43. The van der Waals surface area contributed by atoms with E-state index in [4.69, 9.17) is 28.2 Å². The Morgan fingerprint density at radius 2 is 1.75 bits per heavy atom. The molecular formula is C21H23Cl2N5. The second-order valence-corrected chi connectivity index (χ2v) is 8.80. The van der Waals surface area contributed by atoms with E-state index in [2.05, 4.69) is 19.6 Å². The van der Waals surface area contributed by atoms with Gasteiger partial charge in [0, 0.05) is 25.5 Å². The van der Waals surface area contributed by atoms with E-state index >= 15 is 0 Å². The highest BCUT2D eigenvalue weighted by atomic mass is 35.5. The van der Waals surface area contributed by atoms with Crippen LogP contribution in [0.1, 0.15) is 38.5 Å². The van der Waals surface area contributed by atoms with E-state index < -0.39 is 0 Å². The molecular weight excluding hydrogens is 393 g/mol. The molecule has 1 saturated carbocycles. The van der Waals surface area contributed by atoms with Crippen molar-refractivity contribution in [1.82, 2.24) is 14.4 Å². The van der Waals surface area contributed by atoms with Gasteiger partial charge >= 0.3 is 0 Å². The highest BCUT2D eigenvalue weighted by molar-refractivity contribution is 6.43. The molecule has 28 heavy (non-hydrogen) atoms. The van der Waals surface area contributed by atoms with E-state index in [-0.39, 0.29) is 0 Å². The average molecular weight is 416 g/mol. The second kappa shape index (κ2) is 7.12. The summed E-state index contributed by atoms with van der Waals surface area (Å²) in [5, 5.41) is 4.35. The predicted molar refractivity (Wildman–Crippen MR) is 115 cm³/mol. The molecule has 0 bridgehead atoms. The molecule has 2 aromatic heterocycles. The third kappa shape index (κ3) is 3.11. The van der Waals surface area contributed by atoms with Crippen LogP contribution in [0.15, 0.2) is 36.8 Å². The van der Waals surface area contributed by atoms with Crippen LogP contribution in [0.25, 0.3) is 5.65 Å². The van der Waals surface area contributed by atoms with Crippen LogP contribution in [0.3, 0.4) is 0 Å². The summed E-state index contributed by atoms with van der Waals surface area (Å²) in [6.07, 6.45) is 13.8. The van der Waals surface area contributed by atoms with Crippen LogP contribution < -0.4 is 10.2 Å². The quantitative estimate of drug-likeness (QED) is 0.574. The molecule has 7 heteroatoms. The topological polar surface area (TPSA) is 45.5 Å². The fraction of sp³-hybridized carbons (Fsp3) is 0.429. The van der Waals surface area contributed by atoms with Crippen LogP contribution >= 0.6 is 23.2 Å². The normalized spacial score (nSPS) is 18.9. The molecule has 3 heterocycles. The van der Waals surface area contributed by atoms with E-state index in [0.717, 1.165) is 36.1 Å². The van der Waals surface area contributed by atoms with Crippen LogP contribution in [0, 0.1) is 5.41 Å². The standard InChI is InChI=1S/C21H23Cl2N5/c22-15-4-3-5-16(18(15)23)26-17-14-25-20(28-13-10-24-19(17)28)27-11-8-21(9-12-27)6-1-2-7-21/h3-5,10,13-14,26H,1-2,6-9,11-12H2. The van der Waals surface area contributed by atoms with Gasteiger partial charge in [0.05, 0.1) is 21.9 Å². The van der Waals surface area contributed by atoms with Gasteiger partial charge in [0.2, 0.25) is 5.95 Å². The van der Waals surface area contributed by atoms with E-state index in [1.54, 1.807) is 6.07 Å². The smallest absolute Gasteiger partial charge is 0.211 e. The first-order valence-corrected chi connectivity index (χ1v) is 10.7. The molecule has 5 rings (SSSR count). The van der Waals surface area contributed by atoms with Crippen molar-refractivity contribution in [3.63, 3.8) is 0 Å². The van der Waals surface area contributed by atoms with Crippen LogP contribution in [0.2, 0.25) is 10.0 Å². The molecule has 1 aliphatic carbocycles. The van der Waals surface area contributed by atoms with Crippen molar-refractivity contribution in [2.45, 2.75) is 38.5 Å². The fourth-order valence-electron chi connectivity index (χ4n) is 4.78. The molecule has 1 N–H and O–H groups in total. The van der Waals surface area contributed by atoms with Crippen LogP contribution in [-0.2, 0) is 0 Å². The van der Waals surface area contributed by atoms with Gasteiger partial charge in [-0.15, -0.1) is 0 Å². The van der Waals surface area contributed by atoms with Crippen molar-refractivity contribution in [1.29, 1.82) is 0 Å². The minimum absolute atomic E-state index is 0.496. The van der Waals surface area contributed by atoms with Gasteiger partial charge < -0.3 is 10.2 Å². The third-order valence-corrected chi connectivity index (χ3v) is 7.22. The number of nitrogens with one attached hydrogen (secondary N) is 1. The Bertz CT molecular complexity index is 999. The predicted octanol–water partition coefficient (Wildman–Crippen LogP) is 5.94. The number of rotatable bonds is 3. The lowest BCUT2D eigenvalue weighted by atomic mass is 9.77. The van der Waals surface area contributed by atoms with Crippen LogP contribution in [0.4, 0.5) is 17.3 Å². The zero-order valence-electron chi connectivity index (χ0n) is 15.7. The number of aromatic nitrogens is 3. The number of anilines is 3. The van der Waals surface area contributed by atoms with Crippen molar-refractivity contribution in [2.24, 2.45) is 5.41 Å². The number of hydrogen-bond acceptors (Lipinski definition) is 4. The first-order valence-electron chi connectivity index (χ1n) is 9.93. The van der Waals surface area contributed by atoms with E-state index in [0.29, 0.717) is 15.5 Å². The lowest BCUT2D eigenvalue weighted by Gasteiger charge is -2.39. The van der Waals surface area contributed by atoms with Crippen LogP contribution in [-0.4, -0.2) is 27.5 Å². The molecule has 0 atom stereocenters. The SMILES string of the molecule is Clc1cccc(Nc2cnc(N3CCC4(CCCC4)CC3)n3ccnc23)c1Cl. The molecule has 1 aliphatic heterocycles. The molecule has 1 saturated heterocycles. The highest BCUT2D eigenvalue weighted by Crippen LogP contribution is 2.46. The summed E-state index contributed by atoms with van der Waals surface area (Å²) in [5.74, 6) is 0.961. The van der Waals surface area contributed by atoms with Crippen molar-refractivity contribution >= 4 is 46.2 Å². The Kier molecular flexibility index (Phi) is 4.60. The number of fused-ring (bicyclic) bond motifs is 1. The monoisotopic (exact) mass is 415 g/mol. The molecule has 5 nitrogen and oxygen atoms in total. The molecule has 1 spiro atoms. The van der Waals surface area contributed by atoms with Crippen molar-refractivity contribution < 1.29 is 0 Å². The molecule has 0 radical (unpaired) electrons. The van der Waals surface area contributed by atoms with E-state index in [1.165, 1.54) is 38.5 Å². The maximum Gasteiger partial charge on any atom is 0.211 e. The molecule has 3 aromatic rings. The summed E-state index contributed by atoms with van der Waals surface area (Å²) >= 11 is 12.5. The maximum atomic E-state index is 6.33. The summed E-state index contributed by atoms with van der Waals surface area (Å²) in [4.78, 5) is 11.7. The Morgan fingerprint density at radius 3 is 2.54 bits per heavy atom. The molecule has 2 aliphatic rings. The van der Waals surface area contributed by atoms with Crippen molar-refractivity contribution in [3.05, 3.63) is 46.8 Å². The molecule has 0 amide bonds. The molecule has 0 unspecified atom stereocenters. The first kappa shape index (κ1) is 18.1. The molecule has 146 valence electrons. The van der Waals surface area contributed by atoms with E-state index in [1.807, 2.05) is 30.7 Å². The Labute approximate surface area is 174 Å². The molecule has 2 fully saturated rings. The number of piperidine rings is 1. The van der Waals surface area contributed by atoms with Gasteiger partial charge in [-0.05, 0) is 43.2 Å². The Morgan fingerprint density at radius 1 is 0.964 bits per heavy atom. The number of imidazole rings is 1. The first-order chi connectivity index (χ1) is 13.7. The van der Waals surface area contributed by atoms with Crippen LogP contribution in [0.5, 0.6) is 0 Å². The zero-order chi connectivity index (χ0) is 19.1. The van der Waals surface area contributed by atoms with Crippen molar-refractivity contribution in [2.75, 3.05) is 23.3 Å². The fourth-order valence-corrected chi connectivity index (χ4v) is 5.13. The van der Waals surface area contributed by atoms with Gasteiger partial charge in [-0.3, -0.25) is 4.40 Å². The number of nitrogens with zero attached hydrogens (tertiary/aromatic N) is 4. The maximum absolute atomic E-state index is 6.33. The number of benzene rings is 1. The third-order valence-electron chi connectivity index (χ3n) is 6.40. The average Bonchev–Trinajstić information content (AvgIpc) is 3.37. The summed E-state index contributed by atoms with van der Waals surface area (Å²) in [7, 11) is 0. The summed E-state index contributed by atoms with van der Waals surface area (Å²) in [5.41, 5.74) is 2.98. The van der Waals surface area contributed by atoms with Gasteiger partial charge in [-0.1, -0.05) is 42.1 Å². The van der Waals surface area contributed by atoms with E-state index in [9.17, 15) is 0 Å². The van der Waals surface area contributed by atoms with Gasteiger partial charge in [0.1, 0.15) is 5.69 Å². The van der Waals surface area contributed by atoms with Gasteiger partial charge in [-0.25, -0.2) is 9.97 Å². The minimum Gasteiger partial charge on any atom is -0.350 e. The van der Waals surface area contributed by atoms with Gasteiger partial charge in [0.15, 0.2) is 5.65 Å². The van der Waals surface area contributed by atoms with Gasteiger partial charge in [-0.2, -0.15) is 0 Å².